The first kappa shape index (κ1) is 20.8. The lowest BCUT2D eigenvalue weighted by Crippen LogP contribution is -2.44. The first-order valence-electron chi connectivity index (χ1n) is 10.3. The zero-order chi connectivity index (χ0) is 21.4. The largest absolute Gasteiger partial charge is 0.339 e. The summed E-state index contributed by atoms with van der Waals surface area (Å²) < 4.78 is 40.4. The van der Waals surface area contributed by atoms with Crippen molar-refractivity contribution in [3.63, 3.8) is 0 Å². The van der Waals surface area contributed by atoms with Gasteiger partial charge in [0.05, 0.1) is 11.3 Å². The van der Waals surface area contributed by atoms with E-state index in [0.29, 0.717) is 49.2 Å². The monoisotopic (exact) mass is 418 g/mol. The summed E-state index contributed by atoms with van der Waals surface area (Å²) in [6.07, 6.45) is 5.29. The molecule has 2 N–H and O–H groups in total. The zero-order valence-electron chi connectivity index (χ0n) is 16.9. The predicted octanol–water partition coefficient (Wildman–Crippen LogP) is 3.50. The van der Waals surface area contributed by atoms with Crippen LogP contribution in [0, 0.1) is 30.3 Å². The molecule has 1 aliphatic carbocycles. The molecule has 5 nitrogen and oxygen atoms in total. The van der Waals surface area contributed by atoms with Crippen molar-refractivity contribution in [1.82, 2.24) is 14.9 Å². The molecule has 2 aliphatic rings. The molecule has 30 heavy (non-hydrogen) atoms. The Morgan fingerprint density at radius 1 is 1.13 bits per heavy atom. The molecule has 160 valence electrons. The van der Waals surface area contributed by atoms with E-state index in [-0.39, 0.29) is 23.8 Å². The second-order valence-corrected chi connectivity index (χ2v) is 8.36. The Bertz CT molecular complexity index is 956. The van der Waals surface area contributed by atoms with Crippen LogP contribution >= 0.6 is 0 Å². The van der Waals surface area contributed by atoms with Crippen LogP contribution in [0.25, 0.3) is 0 Å². The summed E-state index contributed by atoms with van der Waals surface area (Å²) in [6, 6.07) is 1.03. The van der Waals surface area contributed by atoms with Crippen LogP contribution in [0.15, 0.2) is 18.3 Å². The van der Waals surface area contributed by atoms with Crippen molar-refractivity contribution in [2.45, 2.75) is 51.0 Å². The number of aromatic nitrogens is 2. The fraction of sp³-hybridized carbons (Fsp3) is 0.500. The van der Waals surface area contributed by atoms with Gasteiger partial charge in [-0.15, -0.1) is 0 Å². The third kappa shape index (κ3) is 4.33. The van der Waals surface area contributed by atoms with E-state index in [0.717, 1.165) is 24.7 Å². The molecular weight excluding hydrogens is 393 g/mol. The number of nitrogens with two attached hydrogens (primary N) is 1. The second kappa shape index (κ2) is 8.34. The van der Waals surface area contributed by atoms with Crippen LogP contribution in [0.1, 0.15) is 59.0 Å². The van der Waals surface area contributed by atoms with Crippen molar-refractivity contribution in [3.8, 4) is 0 Å². The third-order valence-electron chi connectivity index (χ3n) is 6.15. The molecule has 0 bridgehead atoms. The molecule has 2 fully saturated rings. The summed E-state index contributed by atoms with van der Waals surface area (Å²) in [5.41, 5.74) is 7.53. The molecule has 0 radical (unpaired) electrons. The van der Waals surface area contributed by atoms with Gasteiger partial charge in [0.15, 0.2) is 11.6 Å². The van der Waals surface area contributed by atoms with Crippen LogP contribution in [0.2, 0.25) is 0 Å². The predicted molar refractivity (Wildman–Crippen MR) is 105 cm³/mol. The van der Waals surface area contributed by atoms with Gasteiger partial charge in [-0.25, -0.2) is 23.1 Å². The average Bonchev–Trinajstić information content (AvgIpc) is 3.57. The van der Waals surface area contributed by atoms with Crippen molar-refractivity contribution in [2.24, 2.45) is 11.7 Å². The van der Waals surface area contributed by atoms with Gasteiger partial charge in [-0.2, -0.15) is 0 Å². The highest BCUT2D eigenvalue weighted by molar-refractivity contribution is 5.95. The standard InChI is InChI=1S/C22H25F3N4O/c1-12-16(11-27-21(28-12)14-2-3-14)22(30)29-6-4-13(5-7-29)20(26)9-15-8-18(24)19(25)10-17(15)23/h8,10-11,13-14,20H,2-7,9,26H2,1H3. The number of carbonyl (C=O) groups is 1. The molecule has 1 aromatic heterocycles. The maximum Gasteiger partial charge on any atom is 0.257 e. The Balaban J connectivity index is 1.35. The average molecular weight is 418 g/mol. The fourth-order valence-corrected chi connectivity index (χ4v) is 4.08. The third-order valence-corrected chi connectivity index (χ3v) is 6.15. The number of aryl methyl sites for hydroxylation is 1. The van der Waals surface area contributed by atoms with E-state index in [1.165, 1.54) is 0 Å². The van der Waals surface area contributed by atoms with Gasteiger partial charge in [-0.05, 0) is 56.6 Å². The molecule has 0 spiro atoms. The molecule has 1 aromatic carbocycles. The highest BCUT2D eigenvalue weighted by atomic mass is 19.2. The van der Waals surface area contributed by atoms with Crippen molar-refractivity contribution in [3.05, 3.63) is 58.4 Å². The van der Waals surface area contributed by atoms with Crippen molar-refractivity contribution >= 4 is 5.91 Å². The molecule has 1 saturated carbocycles. The fourth-order valence-electron chi connectivity index (χ4n) is 4.08. The first-order chi connectivity index (χ1) is 14.3. The number of benzene rings is 1. The van der Waals surface area contributed by atoms with Gasteiger partial charge in [0.2, 0.25) is 0 Å². The van der Waals surface area contributed by atoms with E-state index in [1.807, 2.05) is 6.92 Å². The summed E-state index contributed by atoms with van der Waals surface area (Å²) in [7, 11) is 0. The lowest BCUT2D eigenvalue weighted by molar-refractivity contribution is 0.0676. The maximum atomic E-state index is 13.9. The topological polar surface area (TPSA) is 72.1 Å². The zero-order valence-corrected chi connectivity index (χ0v) is 16.9. The van der Waals surface area contributed by atoms with Crippen molar-refractivity contribution in [1.29, 1.82) is 0 Å². The number of hydrogen-bond donors (Lipinski definition) is 1. The number of carbonyl (C=O) groups excluding carboxylic acids is 1. The number of rotatable bonds is 5. The Morgan fingerprint density at radius 2 is 1.80 bits per heavy atom. The normalized spacial score (nSPS) is 18.5. The molecular formula is C22H25F3N4O. The van der Waals surface area contributed by atoms with Crippen molar-refractivity contribution in [2.75, 3.05) is 13.1 Å². The molecule has 1 atom stereocenters. The number of likely N-dealkylation sites (tertiary alicyclic amines) is 1. The molecule has 4 rings (SSSR count). The lowest BCUT2D eigenvalue weighted by atomic mass is 9.86. The van der Waals surface area contributed by atoms with Gasteiger partial charge in [-0.1, -0.05) is 0 Å². The van der Waals surface area contributed by atoms with Crippen LogP contribution in [-0.2, 0) is 6.42 Å². The van der Waals surface area contributed by atoms with Gasteiger partial charge in [-0.3, -0.25) is 4.79 Å². The van der Waals surface area contributed by atoms with Gasteiger partial charge in [0.25, 0.3) is 5.91 Å². The summed E-state index contributed by atoms with van der Waals surface area (Å²) in [5, 5.41) is 0. The number of nitrogens with zero attached hydrogens (tertiary/aromatic N) is 3. The summed E-state index contributed by atoms with van der Waals surface area (Å²) >= 11 is 0. The SMILES string of the molecule is Cc1nc(C2CC2)ncc1C(=O)N1CCC(C(N)Cc2cc(F)c(F)cc2F)CC1. The Morgan fingerprint density at radius 3 is 2.43 bits per heavy atom. The number of amides is 1. The van der Waals surface area contributed by atoms with E-state index >= 15 is 0 Å². The van der Waals surface area contributed by atoms with Crippen molar-refractivity contribution < 1.29 is 18.0 Å². The van der Waals surface area contributed by atoms with Crippen LogP contribution in [0.5, 0.6) is 0 Å². The van der Waals surface area contributed by atoms with Crippen LogP contribution in [0.4, 0.5) is 13.2 Å². The van der Waals surface area contributed by atoms with Gasteiger partial charge < -0.3 is 10.6 Å². The van der Waals surface area contributed by atoms with E-state index in [1.54, 1.807) is 11.1 Å². The molecule has 1 aliphatic heterocycles. The van der Waals surface area contributed by atoms with E-state index in [9.17, 15) is 18.0 Å². The summed E-state index contributed by atoms with van der Waals surface area (Å²) in [6.45, 7) is 2.89. The lowest BCUT2D eigenvalue weighted by Gasteiger charge is -2.35. The molecule has 1 saturated heterocycles. The van der Waals surface area contributed by atoms with E-state index in [4.69, 9.17) is 5.73 Å². The summed E-state index contributed by atoms with van der Waals surface area (Å²) in [5.74, 6) is -1.85. The molecule has 1 amide bonds. The maximum absolute atomic E-state index is 13.9. The minimum Gasteiger partial charge on any atom is -0.339 e. The molecule has 2 heterocycles. The molecule has 1 unspecified atom stereocenters. The van der Waals surface area contributed by atoms with E-state index in [2.05, 4.69) is 9.97 Å². The molecule has 8 heteroatoms. The minimum absolute atomic E-state index is 0.0659. The van der Waals surface area contributed by atoms with Crippen LogP contribution in [-0.4, -0.2) is 39.9 Å². The Hall–Kier alpha value is -2.48. The van der Waals surface area contributed by atoms with E-state index < -0.39 is 23.5 Å². The number of halogens is 3. The smallest absolute Gasteiger partial charge is 0.257 e. The Labute approximate surface area is 173 Å². The first-order valence-corrected chi connectivity index (χ1v) is 10.3. The van der Waals surface area contributed by atoms with Gasteiger partial charge >= 0.3 is 0 Å². The second-order valence-electron chi connectivity index (χ2n) is 8.36. The van der Waals surface area contributed by atoms with Crippen LogP contribution in [0.3, 0.4) is 0 Å². The highest BCUT2D eigenvalue weighted by Gasteiger charge is 2.30. The quantitative estimate of drug-likeness (QED) is 0.755. The van der Waals surface area contributed by atoms with Gasteiger partial charge in [0.1, 0.15) is 11.6 Å². The Kier molecular flexibility index (Phi) is 5.77. The molecule has 2 aromatic rings. The van der Waals surface area contributed by atoms with Crippen LogP contribution < -0.4 is 5.73 Å². The number of piperidine rings is 1. The summed E-state index contributed by atoms with van der Waals surface area (Å²) in [4.78, 5) is 23.5. The minimum atomic E-state index is -1.21. The number of hydrogen-bond acceptors (Lipinski definition) is 4. The van der Waals surface area contributed by atoms with Gasteiger partial charge in [0, 0.05) is 37.3 Å². The highest BCUT2D eigenvalue weighted by Crippen LogP contribution is 2.38.